The van der Waals surface area contributed by atoms with Gasteiger partial charge in [0.25, 0.3) is 0 Å². The van der Waals surface area contributed by atoms with Crippen LogP contribution in [0.3, 0.4) is 0 Å². The minimum atomic E-state index is -2.19. The monoisotopic (exact) mass is 714 g/mol. The zero-order valence-corrected chi connectivity index (χ0v) is 36.8. The van der Waals surface area contributed by atoms with Gasteiger partial charge < -0.3 is 18.4 Å². The van der Waals surface area contributed by atoms with Crippen molar-refractivity contribution < 1.29 is 23.2 Å². The van der Waals surface area contributed by atoms with Gasteiger partial charge in [-0.2, -0.15) is 0 Å². The van der Waals surface area contributed by atoms with E-state index in [9.17, 15) is 4.79 Å². The van der Waals surface area contributed by atoms with Crippen molar-refractivity contribution in [2.75, 3.05) is 0 Å². The second-order valence-electron chi connectivity index (χ2n) is 18.1. The number of aliphatic carboxylic acids is 1. The Kier molecular flexibility index (Phi) is 15.6. The molecule has 0 fully saturated rings. The molecule has 0 amide bonds. The van der Waals surface area contributed by atoms with Gasteiger partial charge in [0.05, 0.1) is 12.2 Å². The summed E-state index contributed by atoms with van der Waals surface area (Å²) >= 11 is 0. The number of benzene rings is 1. The topological polar surface area (TPSA) is 65.0 Å². The maximum absolute atomic E-state index is 11.1. The van der Waals surface area contributed by atoms with E-state index < -0.39 is 30.9 Å². The summed E-state index contributed by atoms with van der Waals surface area (Å²) < 4.78 is 21.5. The first-order valence-electron chi connectivity index (χ1n) is 17.6. The van der Waals surface area contributed by atoms with E-state index in [2.05, 4.69) is 140 Å². The first-order chi connectivity index (χ1) is 21.5. The third-order valence-corrected chi connectivity index (χ3v) is 24.2. The average Bonchev–Trinajstić information content (AvgIpc) is 2.88. The standard InChI is InChI=1S/C40H70O5Si3/c1-30(22-21-23-31(2)34-25-20-19-24-33(34)26-27-37(41)42)28-35(44-47(15,16)39(7,8)9)36(45-48(17,18)40(10,11)12)29-32(3)43-46(13,14)38(4,5)6/h19-28,32,35-36H,29H2,1-18H3,(H,41,42)/b22-21+,27-26+,30-28+,31-23+/t32-,35-,36-/m0/s1. The lowest BCUT2D eigenvalue weighted by atomic mass is 10.00. The molecule has 1 N–H and O–H groups in total. The van der Waals surface area contributed by atoms with Crippen LogP contribution in [-0.2, 0) is 18.1 Å². The Morgan fingerprint density at radius 1 is 0.771 bits per heavy atom. The van der Waals surface area contributed by atoms with Gasteiger partial charge in [-0.05, 0) is 104 Å². The molecular formula is C40H70O5Si3. The molecule has 0 aliphatic heterocycles. The highest BCUT2D eigenvalue weighted by atomic mass is 28.4. The summed E-state index contributed by atoms with van der Waals surface area (Å²) in [5, 5.41) is 9.33. The van der Waals surface area contributed by atoms with Crippen molar-refractivity contribution in [3.05, 3.63) is 71.3 Å². The lowest BCUT2D eigenvalue weighted by Crippen LogP contribution is -2.52. The molecule has 0 radical (unpaired) electrons. The molecule has 0 aliphatic carbocycles. The van der Waals surface area contributed by atoms with Gasteiger partial charge in [-0.1, -0.05) is 116 Å². The van der Waals surface area contributed by atoms with Crippen LogP contribution in [0.25, 0.3) is 11.6 Å². The van der Waals surface area contributed by atoms with Crippen LogP contribution in [0.15, 0.2) is 60.2 Å². The van der Waals surface area contributed by atoms with E-state index in [1.165, 1.54) is 6.08 Å². The number of carbonyl (C=O) groups is 1. The average molecular weight is 715 g/mol. The second-order valence-corrected chi connectivity index (χ2v) is 32.3. The maximum Gasteiger partial charge on any atom is 0.328 e. The van der Waals surface area contributed by atoms with Crippen molar-refractivity contribution >= 4 is 42.6 Å². The fraction of sp³-hybridized carbons (Fsp3) is 0.625. The number of carboxylic acid groups (broad SMARTS) is 1. The third-order valence-electron chi connectivity index (χ3n) is 10.6. The zero-order chi connectivity index (χ0) is 37.5. The first kappa shape index (κ1) is 44.2. The number of allylic oxidation sites excluding steroid dienone is 5. The predicted molar refractivity (Wildman–Crippen MR) is 216 cm³/mol. The Morgan fingerprint density at radius 3 is 1.75 bits per heavy atom. The van der Waals surface area contributed by atoms with Crippen LogP contribution in [0.1, 0.15) is 101 Å². The van der Waals surface area contributed by atoms with Crippen LogP contribution in [0, 0.1) is 0 Å². The molecule has 0 saturated carbocycles. The number of rotatable bonds is 15. The van der Waals surface area contributed by atoms with Crippen LogP contribution < -0.4 is 0 Å². The van der Waals surface area contributed by atoms with Crippen LogP contribution >= 0.6 is 0 Å². The highest BCUT2D eigenvalue weighted by molar-refractivity contribution is 6.75. The lowest BCUT2D eigenvalue weighted by molar-refractivity contribution is -0.131. The Bertz CT molecular complexity index is 1330. The molecule has 0 spiro atoms. The fourth-order valence-electron chi connectivity index (χ4n) is 4.50. The second kappa shape index (κ2) is 16.9. The first-order valence-corrected chi connectivity index (χ1v) is 26.3. The molecule has 0 unspecified atom stereocenters. The highest BCUT2D eigenvalue weighted by Gasteiger charge is 2.45. The predicted octanol–water partition coefficient (Wildman–Crippen LogP) is 12.3. The van der Waals surface area contributed by atoms with Crippen molar-refractivity contribution in [2.24, 2.45) is 0 Å². The van der Waals surface area contributed by atoms with Crippen LogP contribution in [0.2, 0.25) is 54.4 Å². The van der Waals surface area contributed by atoms with E-state index in [0.29, 0.717) is 0 Å². The Morgan fingerprint density at radius 2 is 1.25 bits per heavy atom. The summed E-state index contributed by atoms with van der Waals surface area (Å²) in [6.07, 6.45) is 11.7. The smallest absolute Gasteiger partial charge is 0.328 e. The quantitative estimate of drug-likeness (QED) is 0.111. The van der Waals surface area contributed by atoms with Gasteiger partial charge in [0, 0.05) is 12.2 Å². The number of hydrogen-bond donors (Lipinski definition) is 1. The maximum atomic E-state index is 11.1. The molecule has 1 rings (SSSR count). The van der Waals surface area contributed by atoms with Gasteiger partial charge in [0.15, 0.2) is 25.0 Å². The van der Waals surface area contributed by atoms with Gasteiger partial charge >= 0.3 is 5.97 Å². The van der Waals surface area contributed by atoms with E-state index in [1.54, 1.807) is 6.08 Å². The van der Waals surface area contributed by atoms with Crippen LogP contribution in [-0.4, -0.2) is 54.3 Å². The Labute approximate surface area is 298 Å². The molecule has 1 aromatic carbocycles. The summed E-state index contributed by atoms with van der Waals surface area (Å²) in [5.74, 6) is -0.960. The molecule has 0 bridgehead atoms. The molecule has 0 aliphatic rings. The highest BCUT2D eigenvalue weighted by Crippen LogP contribution is 2.42. The fourth-order valence-corrected chi connectivity index (χ4v) is 8.56. The molecule has 3 atom stereocenters. The van der Waals surface area contributed by atoms with E-state index in [1.807, 2.05) is 31.2 Å². The van der Waals surface area contributed by atoms with E-state index in [-0.39, 0.29) is 33.4 Å². The number of hydrogen-bond acceptors (Lipinski definition) is 4. The van der Waals surface area contributed by atoms with Crippen molar-refractivity contribution in [3.63, 3.8) is 0 Å². The molecule has 5 nitrogen and oxygen atoms in total. The summed E-state index contributed by atoms with van der Waals surface area (Å²) in [7, 11) is -6.35. The molecular weight excluding hydrogens is 645 g/mol. The largest absolute Gasteiger partial charge is 0.478 e. The van der Waals surface area contributed by atoms with Crippen molar-refractivity contribution in [3.8, 4) is 0 Å². The van der Waals surface area contributed by atoms with Gasteiger partial charge in [-0.25, -0.2) is 4.79 Å². The summed E-state index contributed by atoms with van der Waals surface area (Å²) in [4.78, 5) is 11.1. The van der Waals surface area contributed by atoms with E-state index in [0.717, 1.165) is 28.7 Å². The van der Waals surface area contributed by atoms with Crippen LogP contribution in [0.4, 0.5) is 0 Å². The minimum Gasteiger partial charge on any atom is -0.478 e. The summed E-state index contributed by atoms with van der Waals surface area (Å²) in [6.45, 7) is 40.9. The molecule has 272 valence electrons. The normalized spacial score (nSPS) is 16.9. The molecule has 48 heavy (non-hydrogen) atoms. The zero-order valence-electron chi connectivity index (χ0n) is 33.8. The SMILES string of the molecule is CC(/C=C/C=C(\C)c1ccccc1/C=C/C(=O)O)=C\[C@H](O[Si](C)(C)C(C)(C)C)[C@H](C[C@H](C)O[Si](C)(C)C(C)(C)C)O[Si](C)(C)C(C)(C)C. The Hall–Kier alpha value is -1.82. The summed E-state index contributed by atoms with van der Waals surface area (Å²) in [6, 6.07) is 7.84. The Balaban J connectivity index is 3.67. The molecule has 0 aromatic heterocycles. The molecule has 8 heteroatoms. The minimum absolute atomic E-state index is 0.0243. The van der Waals surface area contributed by atoms with Gasteiger partial charge in [0.1, 0.15) is 0 Å². The van der Waals surface area contributed by atoms with Gasteiger partial charge in [0.2, 0.25) is 0 Å². The summed E-state index contributed by atoms with van der Waals surface area (Å²) in [5.41, 5.74) is 4.02. The van der Waals surface area contributed by atoms with Crippen molar-refractivity contribution in [1.82, 2.24) is 0 Å². The van der Waals surface area contributed by atoms with Crippen LogP contribution in [0.5, 0.6) is 0 Å². The number of carboxylic acids is 1. The molecule has 1 aromatic rings. The van der Waals surface area contributed by atoms with Gasteiger partial charge in [-0.3, -0.25) is 0 Å². The lowest BCUT2D eigenvalue weighted by Gasteiger charge is -2.46. The van der Waals surface area contributed by atoms with E-state index >= 15 is 0 Å². The molecule has 0 heterocycles. The molecule has 0 saturated heterocycles. The van der Waals surface area contributed by atoms with E-state index in [4.69, 9.17) is 18.4 Å². The van der Waals surface area contributed by atoms with Gasteiger partial charge in [-0.15, -0.1) is 0 Å². The third kappa shape index (κ3) is 13.5. The van der Waals surface area contributed by atoms with Crippen molar-refractivity contribution in [1.29, 1.82) is 0 Å². The van der Waals surface area contributed by atoms with Crippen molar-refractivity contribution in [2.45, 2.75) is 162 Å².